The van der Waals surface area contributed by atoms with Gasteiger partial charge < -0.3 is 17.3 Å². The molecular formula is C28H24BF4P. The highest BCUT2D eigenvalue weighted by Gasteiger charge is 2.55. The van der Waals surface area contributed by atoms with Crippen LogP contribution in [0.3, 0.4) is 0 Å². The number of hydrogen-bond donors (Lipinski definition) is 0. The van der Waals surface area contributed by atoms with Crippen molar-refractivity contribution in [1.29, 1.82) is 0 Å². The van der Waals surface area contributed by atoms with Crippen LogP contribution in [0.4, 0.5) is 17.3 Å². The molecule has 0 nitrogen and oxygen atoms in total. The summed E-state index contributed by atoms with van der Waals surface area (Å²) in [5.74, 6) is 0. The van der Waals surface area contributed by atoms with Crippen molar-refractivity contribution in [3.8, 4) is 0 Å². The van der Waals surface area contributed by atoms with Gasteiger partial charge in [-0.2, -0.15) is 0 Å². The van der Waals surface area contributed by atoms with E-state index in [1.54, 1.807) is 5.31 Å². The fourth-order valence-electron chi connectivity index (χ4n) is 4.83. The average Bonchev–Trinajstić information content (AvgIpc) is 3.16. The van der Waals surface area contributed by atoms with Gasteiger partial charge in [0.15, 0.2) is 0 Å². The average molecular weight is 478 g/mol. The van der Waals surface area contributed by atoms with Crippen molar-refractivity contribution >= 4 is 36.0 Å². The number of benzene rings is 4. The van der Waals surface area contributed by atoms with Crippen molar-refractivity contribution in [3.05, 3.63) is 132 Å². The summed E-state index contributed by atoms with van der Waals surface area (Å²) in [6.45, 7) is 2.32. The molecule has 1 aliphatic rings. The van der Waals surface area contributed by atoms with Crippen LogP contribution in [0, 0.1) is 0 Å². The fourth-order valence-corrected chi connectivity index (χ4v) is 9.75. The van der Waals surface area contributed by atoms with Crippen LogP contribution in [0.15, 0.2) is 121 Å². The van der Waals surface area contributed by atoms with Gasteiger partial charge >= 0.3 is 7.25 Å². The predicted octanol–water partition coefficient (Wildman–Crippen LogP) is 7.46. The lowest BCUT2D eigenvalue weighted by Gasteiger charge is -2.26. The van der Waals surface area contributed by atoms with Crippen LogP contribution in [0.5, 0.6) is 0 Å². The van der Waals surface area contributed by atoms with E-state index in [1.165, 1.54) is 32.6 Å². The molecule has 4 aromatic carbocycles. The lowest BCUT2D eigenvalue weighted by Crippen LogP contribution is -2.30. The Hall–Kier alpha value is -3.17. The number of halogens is 4. The van der Waals surface area contributed by atoms with E-state index < -0.39 is 14.5 Å². The van der Waals surface area contributed by atoms with Gasteiger partial charge in [0.2, 0.25) is 0 Å². The lowest BCUT2D eigenvalue weighted by atomic mass is 9.97. The third kappa shape index (κ3) is 4.58. The summed E-state index contributed by atoms with van der Waals surface area (Å²) in [6, 6.07) is 42.4. The Morgan fingerprint density at radius 1 is 0.588 bits per heavy atom. The van der Waals surface area contributed by atoms with Gasteiger partial charge in [0.25, 0.3) is 0 Å². The Kier molecular flexibility index (Phi) is 7.04. The fraction of sp³-hybridized carbons (Fsp3) is 0.0714. The first-order chi connectivity index (χ1) is 16.4. The predicted molar refractivity (Wildman–Crippen MR) is 138 cm³/mol. The van der Waals surface area contributed by atoms with Gasteiger partial charge in [-0.3, -0.25) is 0 Å². The maximum atomic E-state index is 9.75. The van der Waals surface area contributed by atoms with E-state index in [0.29, 0.717) is 0 Å². The molecule has 0 unspecified atom stereocenters. The summed E-state index contributed by atoms with van der Waals surface area (Å²) in [5, 5.41) is 5.97. The van der Waals surface area contributed by atoms with Gasteiger partial charge in [-0.15, -0.1) is 0 Å². The van der Waals surface area contributed by atoms with Gasteiger partial charge in [0.05, 0.1) is 5.31 Å². The molecule has 1 aliphatic heterocycles. The lowest BCUT2D eigenvalue weighted by molar-refractivity contribution is 0.368. The maximum absolute atomic E-state index is 9.75. The molecule has 5 rings (SSSR count). The third-order valence-corrected chi connectivity index (χ3v) is 10.5. The minimum Gasteiger partial charge on any atom is -0.418 e. The van der Waals surface area contributed by atoms with Gasteiger partial charge in [0, 0.05) is 17.6 Å². The summed E-state index contributed by atoms with van der Waals surface area (Å²) in [5.41, 5.74) is 4.16. The SMILES string of the molecule is CCC1=C(c2ccccc2)c2ccccc2[P+]1(c1ccccc1)c1ccccc1.F[B-](F)(F)F. The van der Waals surface area contributed by atoms with Gasteiger partial charge in [-0.25, -0.2) is 0 Å². The first-order valence-electron chi connectivity index (χ1n) is 11.1. The van der Waals surface area contributed by atoms with Gasteiger partial charge in [-0.05, 0) is 35.9 Å². The molecule has 0 saturated carbocycles. The van der Waals surface area contributed by atoms with Crippen LogP contribution in [0.2, 0.25) is 0 Å². The smallest absolute Gasteiger partial charge is 0.418 e. The monoisotopic (exact) mass is 478 g/mol. The molecule has 172 valence electrons. The molecule has 34 heavy (non-hydrogen) atoms. The highest BCUT2D eigenvalue weighted by atomic mass is 31.2. The van der Waals surface area contributed by atoms with E-state index >= 15 is 0 Å². The molecule has 0 saturated heterocycles. The van der Waals surface area contributed by atoms with Crippen LogP contribution in [0.1, 0.15) is 24.5 Å². The zero-order valence-corrected chi connectivity index (χ0v) is 19.6. The van der Waals surface area contributed by atoms with Crippen LogP contribution in [0.25, 0.3) is 5.57 Å². The minimum absolute atomic E-state index is 1.04. The molecule has 4 aromatic rings. The van der Waals surface area contributed by atoms with E-state index in [4.69, 9.17) is 0 Å². The molecule has 0 fully saturated rings. The summed E-state index contributed by atoms with van der Waals surface area (Å²) in [4.78, 5) is 0. The standard InChI is InChI=1S/C28H24P.BF4/c1-2-26-28(22-14-6-3-7-15-22)25-20-12-13-21-27(25)29(26,23-16-8-4-9-17-23)24-18-10-5-11-19-24;2-1(3,4)5/h3-21H,2H2,1H3;/q+1;-1. The van der Waals surface area contributed by atoms with Crippen molar-refractivity contribution in [2.75, 3.05) is 0 Å². The summed E-state index contributed by atoms with van der Waals surface area (Å²) < 4.78 is 39.0. The number of rotatable bonds is 4. The van der Waals surface area contributed by atoms with Crippen LogP contribution in [-0.2, 0) is 0 Å². The van der Waals surface area contributed by atoms with Crippen molar-refractivity contribution < 1.29 is 17.3 Å². The second-order valence-corrected chi connectivity index (χ2v) is 11.3. The molecule has 1 heterocycles. The van der Waals surface area contributed by atoms with E-state index in [1.807, 2.05) is 0 Å². The molecule has 0 aromatic heterocycles. The minimum atomic E-state index is -6.00. The van der Waals surface area contributed by atoms with Crippen LogP contribution >= 0.6 is 7.26 Å². The summed E-state index contributed by atoms with van der Waals surface area (Å²) >= 11 is 0. The molecule has 0 aliphatic carbocycles. The first-order valence-corrected chi connectivity index (χ1v) is 12.9. The number of allylic oxidation sites excluding steroid dienone is 1. The van der Waals surface area contributed by atoms with Crippen LogP contribution < -0.4 is 15.9 Å². The molecule has 6 heteroatoms. The number of hydrogen-bond acceptors (Lipinski definition) is 0. The Morgan fingerprint density at radius 2 is 1.00 bits per heavy atom. The zero-order chi connectivity index (χ0) is 24.2. The first kappa shape index (κ1) is 24.0. The van der Waals surface area contributed by atoms with E-state index in [0.717, 1.165) is 6.42 Å². The molecule has 0 amide bonds. The molecule has 0 spiro atoms. The van der Waals surface area contributed by atoms with E-state index in [9.17, 15) is 17.3 Å². The Labute approximate surface area is 198 Å². The van der Waals surface area contributed by atoms with Crippen molar-refractivity contribution in [3.63, 3.8) is 0 Å². The Balaban J connectivity index is 0.000000499. The summed E-state index contributed by atoms with van der Waals surface area (Å²) in [6.07, 6.45) is 1.04. The normalized spacial score (nSPS) is 14.3. The van der Waals surface area contributed by atoms with E-state index in [2.05, 4.69) is 122 Å². The van der Waals surface area contributed by atoms with Gasteiger partial charge in [0.1, 0.15) is 23.2 Å². The van der Waals surface area contributed by atoms with Crippen molar-refractivity contribution in [2.24, 2.45) is 0 Å². The summed E-state index contributed by atoms with van der Waals surface area (Å²) in [7, 11) is -7.89. The van der Waals surface area contributed by atoms with Crippen molar-refractivity contribution in [1.82, 2.24) is 0 Å². The third-order valence-electron chi connectivity index (χ3n) is 5.91. The second-order valence-electron chi connectivity index (χ2n) is 7.90. The van der Waals surface area contributed by atoms with Crippen LogP contribution in [-0.4, -0.2) is 7.25 Å². The molecule has 0 N–H and O–H groups in total. The Morgan fingerprint density at radius 3 is 1.47 bits per heavy atom. The molecular weight excluding hydrogens is 454 g/mol. The second kappa shape index (κ2) is 9.99. The van der Waals surface area contributed by atoms with E-state index in [-0.39, 0.29) is 0 Å². The molecule has 0 bridgehead atoms. The topological polar surface area (TPSA) is 0 Å². The Bertz CT molecular complexity index is 1220. The van der Waals surface area contributed by atoms with Gasteiger partial charge in [-0.1, -0.05) is 91.9 Å². The largest absolute Gasteiger partial charge is 0.673 e. The molecule has 0 atom stereocenters. The number of fused-ring (bicyclic) bond motifs is 1. The molecule has 0 radical (unpaired) electrons. The quantitative estimate of drug-likeness (QED) is 0.162. The zero-order valence-electron chi connectivity index (χ0n) is 18.7. The van der Waals surface area contributed by atoms with Crippen molar-refractivity contribution in [2.45, 2.75) is 13.3 Å². The highest BCUT2D eigenvalue weighted by Crippen LogP contribution is 2.70. The maximum Gasteiger partial charge on any atom is 0.673 e. The highest BCUT2D eigenvalue weighted by molar-refractivity contribution is 7.99.